The predicted molar refractivity (Wildman–Crippen MR) is 124 cm³/mol. The second-order valence-electron chi connectivity index (χ2n) is 8.26. The highest BCUT2D eigenvalue weighted by Gasteiger charge is 2.27. The molecule has 3 N–H and O–H groups in total. The number of ether oxygens (including phenoxy) is 1. The number of anilines is 1. The monoisotopic (exact) mass is 470 g/mol. The van der Waals surface area contributed by atoms with Gasteiger partial charge in [-0.3, -0.25) is 9.59 Å². The minimum Gasteiger partial charge on any atom is -0.508 e. The molecule has 1 amide bonds. The Morgan fingerprint density at radius 3 is 2.67 bits per heavy atom. The molecule has 1 aromatic heterocycles. The third-order valence-electron chi connectivity index (χ3n) is 6.01. The number of amides is 1. The molecule has 0 spiro atoms. The molecule has 1 aliphatic carbocycles. The molecular formula is C24H27ClN4O4. The molecule has 9 heteroatoms. The molecule has 174 valence electrons. The van der Waals surface area contributed by atoms with Gasteiger partial charge in [-0.15, -0.1) is 0 Å². The number of methoxy groups -OCH3 is 1. The summed E-state index contributed by atoms with van der Waals surface area (Å²) >= 11 is 6.35. The highest BCUT2D eigenvalue weighted by molar-refractivity contribution is 6.33. The van der Waals surface area contributed by atoms with E-state index < -0.39 is 0 Å². The first-order chi connectivity index (χ1) is 15.8. The number of aromatic nitrogens is 1. The molecule has 8 nitrogen and oxygen atoms in total. The van der Waals surface area contributed by atoms with Crippen molar-refractivity contribution >= 4 is 29.3 Å². The van der Waals surface area contributed by atoms with Gasteiger partial charge in [0.2, 0.25) is 0 Å². The number of nitriles is 1. The van der Waals surface area contributed by atoms with E-state index in [9.17, 15) is 14.7 Å². The lowest BCUT2D eigenvalue weighted by Gasteiger charge is -2.27. The van der Waals surface area contributed by atoms with Crippen LogP contribution in [0.3, 0.4) is 0 Å². The number of phenols is 1. The standard InChI is InChI=1S/C24H27ClN4O4/c1-14(19-9-16(11-26)5-8-21(19)30)29-22-20(25)10-18(13-27-22)23(31)28-12-15-3-6-17(7-4-15)24(32)33-2/h5,8-10,13-15,17,30H,3-4,6-7,12H2,1-2H3,(H,27,29)(H,28,31)/t14-,15?,17?/m0/s1. The summed E-state index contributed by atoms with van der Waals surface area (Å²) in [5.41, 5.74) is 1.31. The number of hydrogen-bond acceptors (Lipinski definition) is 7. The number of rotatable bonds is 7. The number of hydrogen-bond donors (Lipinski definition) is 3. The van der Waals surface area contributed by atoms with E-state index in [1.807, 2.05) is 13.0 Å². The molecule has 2 aromatic rings. The molecule has 0 unspecified atom stereocenters. The van der Waals surface area contributed by atoms with Gasteiger partial charge in [0.15, 0.2) is 0 Å². The zero-order valence-electron chi connectivity index (χ0n) is 18.6. The molecule has 0 radical (unpaired) electrons. The topological polar surface area (TPSA) is 124 Å². The zero-order valence-corrected chi connectivity index (χ0v) is 19.4. The second-order valence-corrected chi connectivity index (χ2v) is 8.66. The van der Waals surface area contributed by atoms with Gasteiger partial charge in [0.05, 0.1) is 41.3 Å². The molecule has 1 atom stereocenters. The summed E-state index contributed by atoms with van der Waals surface area (Å²) in [5.74, 6) is 0.270. The Hall–Kier alpha value is -3.31. The Balaban J connectivity index is 1.56. The van der Waals surface area contributed by atoms with E-state index in [-0.39, 0.29) is 34.6 Å². The fourth-order valence-electron chi connectivity index (χ4n) is 4.03. The third kappa shape index (κ3) is 6.14. The van der Waals surface area contributed by atoms with Crippen LogP contribution < -0.4 is 10.6 Å². The van der Waals surface area contributed by atoms with Gasteiger partial charge in [-0.2, -0.15) is 5.26 Å². The number of aromatic hydroxyl groups is 1. The van der Waals surface area contributed by atoms with Crippen LogP contribution in [0.5, 0.6) is 5.75 Å². The van der Waals surface area contributed by atoms with E-state index in [4.69, 9.17) is 21.6 Å². The number of esters is 1. The average molecular weight is 471 g/mol. The van der Waals surface area contributed by atoms with Gasteiger partial charge in [-0.05, 0) is 62.8 Å². The molecule has 0 aliphatic heterocycles. The highest BCUT2D eigenvalue weighted by Crippen LogP contribution is 2.31. The number of halogens is 1. The van der Waals surface area contributed by atoms with E-state index >= 15 is 0 Å². The van der Waals surface area contributed by atoms with Crippen molar-refractivity contribution in [3.05, 3.63) is 52.2 Å². The molecule has 1 heterocycles. The largest absolute Gasteiger partial charge is 0.508 e. The number of carbonyl (C=O) groups is 2. The van der Waals surface area contributed by atoms with Crippen molar-refractivity contribution < 1.29 is 19.4 Å². The summed E-state index contributed by atoms with van der Waals surface area (Å²) in [5, 5.41) is 25.5. The molecule has 1 aliphatic rings. The van der Waals surface area contributed by atoms with Crippen molar-refractivity contribution in [3.63, 3.8) is 0 Å². The van der Waals surface area contributed by atoms with Crippen molar-refractivity contribution in [2.45, 2.75) is 38.6 Å². The van der Waals surface area contributed by atoms with Crippen molar-refractivity contribution in [2.24, 2.45) is 11.8 Å². The van der Waals surface area contributed by atoms with Gasteiger partial charge >= 0.3 is 5.97 Å². The van der Waals surface area contributed by atoms with Crippen LogP contribution in [-0.4, -0.2) is 35.6 Å². The maximum Gasteiger partial charge on any atom is 0.308 e. The molecule has 0 saturated heterocycles. The molecule has 0 bridgehead atoms. The fraction of sp³-hybridized carbons (Fsp3) is 0.417. The van der Waals surface area contributed by atoms with Gasteiger partial charge in [0.1, 0.15) is 11.6 Å². The van der Waals surface area contributed by atoms with Crippen LogP contribution in [0.1, 0.15) is 60.1 Å². The van der Waals surface area contributed by atoms with Crippen LogP contribution in [0.15, 0.2) is 30.5 Å². The van der Waals surface area contributed by atoms with Gasteiger partial charge < -0.3 is 20.5 Å². The predicted octanol–water partition coefficient (Wildman–Crippen LogP) is 4.19. The summed E-state index contributed by atoms with van der Waals surface area (Å²) < 4.78 is 4.81. The molecule has 1 saturated carbocycles. The lowest BCUT2D eigenvalue weighted by molar-refractivity contribution is -0.146. The number of nitrogens with zero attached hydrogens (tertiary/aromatic N) is 2. The van der Waals surface area contributed by atoms with Gasteiger partial charge in [-0.1, -0.05) is 11.6 Å². The summed E-state index contributed by atoms with van der Waals surface area (Å²) in [7, 11) is 1.41. The second kappa shape index (κ2) is 11.0. The van der Waals surface area contributed by atoms with Crippen LogP contribution in [0.4, 0.5) is 5.82 Å². The number of pyridine rings is 1. The van der Waals surface area contributed by atoms with Crippen molar-refractivity contribution in [3.8, 4) is 11.8 Å². The van der Waals surface area contributed by atoms with Crippen molar-refractivity contribution in [1.82, 2.24) is 10.3 Å². The number of carbonyl (C=O) groups excluding carboxylic acids is 2. The molecule has 33 heavy (non-hydrogen) atoms. The molecule has 1 fully saturated rings. The lowest BCUT2D eigenvalue weighted by atomic mass is 9.82. The van der Waals surface area contributed by atoms with E-state index in [0.717, 1.165) is 25.7 Å². The highest BCUT2D eigenvalue weighted by atomic mass is 35.5. The number of nitrogens with one attached hydrogen (secondary N) is 2. The Kier molecular flexibility index (Phi) is 8.12. The zero-order chi connectivity index (χ0) is 24.0. The van der Waals surface area contributed by atoms with Gasteiger partial charge in [0.25, 0.3) is 5.91 Å². The fourth-order valence-corrected chi connectivity index (χ4v) is 4.25. The summed E-state index contributed by atoms with van der Waals surface area (Å²) in [6, 6.07) is 7.82. The van der Waals surface area contributed by atoms with Crippen molar-refractivity contribution in [1.29, 1.82) is 5.26 Å². The molecule has 3 rings (SSSR count). The Morgan fingerprint density at radius 2 is 2.03 bits per heavy atom. The summed E-state index contributed by atoms with van der Waals surface area (Å²) in [6.07, 6.45) is 4.70. The average Bonchev–Trinajstić information content (AvgIpc) is 2.83. The first-order valence-corrected chi connectivity index (χ1v) is 11.2. The van der Waals surface area contributed by atoms with E-state index in [1.165, 1.54) is 25.4 Å². The van der Waals surface area contributed by atoms with Gasteiger partial charge in [0, 0.05) is 18.3 Å². The third-order valence-corrected chi connectivity index (χ3v) is 6.30. The van der Waals surface area contributed by atoms with Crippen LogP contribution in [0.25, 0.3) is 0 Å². The van der Waals surface area contributed by atoms with Crippen molar-refractivity contribution in [2.75, 3.05) is 19.0 Å². The lowest BCUT2D eigenvalue weighted by Crippen LogP contribution is -2.32. The smallest absolute Gasteiger partial charge is 0.308 e. The van der Waals surface area contributed by atoms with E-state index in [1.54, 1.807) is 12.1 Å². The van der Waals surface area contributed by atoms with E-state index in [0.29, 0.717) is 35.0 Å². The first kappa shape index (κ1) is 24.3. The van der Waals surface area contributed by atoms with Gasteiger partial charge in [-0.25, -0.2) is 4.98 Å². The quantitative estimate of drug-likeness (QED) is 0.518. The Bertz CT molecular complexity index is 1060. The number of benzene rings is 1. The summed E-state index contributed by atoms with van der Waals surface area (Å²) in [4.78, 5) is 28.5. The van der Waals surface area contributed by atoms with Crippen LogP contribution in [0, 0.1) is 23.2 Å². The summed E-state index contributed by atoms with van der Waals surface area (Å²) in [6.45, 7) is 2.33. The van der Waals surface area contributed by atoms with E-state index in [2.05, 4.69) is 15.6 Å². The number of phenolic OH excluding ortho intramolecular Hbond substituents is 1. The van der Waals surface area contributed by atoms with Crippen LogP contribution in [-0.2, 0) is 9.53 Å². The molecular weight excluding hydrogens is 444 g/mol. The maximum absolute atomic E-state index is 12.6. The molecule has 1 aromatic carbocycles. The Morgan fingerprint density at radius 1 is 1.30 bits per heavy atom. The normalized spacial score (nSPS) is 18.6. The Labute approximate surface area is 197 Å². The van der Waals surface area contributed by atoms with Crippen LogP contribution in [0.2, 0.25) is 5.02 Å². The maximum atomic E-state index is 12.6. The van der Waals surface area contributed by atoms with Crippen LogP contribution >= 0.6 is 11.6 Å². The minimum atomic E-state index is -0.372. The minimum absolute atomic E-state index is 0.0447. The SMILES string of the molecule is COC(=O)C1CCC(CNC(=O)c2cnc(N[C@@H](C)c3cc(C#N)ccc3O)c(Cl)c2)CC1. The first-order valence-electron chi connectivity index (χ1n) is 10.8.